The smallest absolute Gasteiger partial charge is 0.519 e. The second kappa shape index (κ2) is 6.64. The van der Waals surface area contributed by atoms with Gasteiger partial charge in [0.15, 0.2) is 0 Å². The van der Waals surface area contributed by atoms with Crippen LogP contribution in [0.1, 0.15) is 5.56 Å². The van der Waals surface area contributed by atoms with Crippen molar-refractivity contribution in [3.8, 4) is 40.0 Å². The molecule has 0 bridgehead atoms. The van der Waals surface area contributed by atoms with Crippen molar-refractivity contribution in [1.82, 2.24) is 19.1 Å². The normalized spacial score (nSPS) is 13.3. The number of ether oxygens (including phenoxy) is 2. The Balaban J connectivity index is 0.00000171. The van der Waals surface area contributed by atoms with Gasteiger partial charge in [0.2, 0.25) is 0 Å². The summed E-state index contributed by atoms with van der Waals surface area (Å²) in [6.45, 7) is 1.41. The number of aryl methyl sites for hydroxylation is 2. The third kappa shape index (κ3) is 2.68. The van der Waals surface area contributed by atoms with Gasteiger partial charge in [-0.05, 0) is 6.42 Å². The van der Waals surface area contributed by atoms with E-state index in [1.54, 1.807) is 6.20 Å². The van der Waals surface area contributed by atoms with Crippen molar-refractivity contribution in [1.29, 1.82) is 0 Å². The van der Waals surface area contributed by atoms with Crippen LogP contribution < -0.4 is 9.47 Å². The van der Waals surface area contributed by atoms with Crippen LogP contribution >= 0.6 is 0 Å². The van der Waals surface area contributed by atoms with E-state index in [4.69, 9.17) is 9.47 Å². The standard InChI is InChI=1S/C21H14N4O2.Pt/c1-2-15(11-17-14(1)5-8-24-9-6-22-20(17)24)27-16-3-4-19-18(12-16)21-23-7-10-25(21)13-26-19;/h1-4,6-7,9-10H,5,8,13H2;/q-2;+2. The Bertz CT molecular complexity index is 1090. The quantitative estimate of drug-likeness (QED) is 0.358. The minimum absolute atomic E-state index is 0. The van der Waals surface area contributed by atoms with Crippen LogP contribution in [0.25, 0.3) is 22.8 Å². The van der Waals surface area contributed by atoms with Crippen molar-refractivity contribution in [2.24, 2.45) is 0 Å². The Labute approximate surface area is 176 Å². The number of rotatable bonds is 2. The molecule has 140 valence electrons. The van der Waals surface area contributed by atoms with Crippen molar-refractivity contribution >= 4 is 0 Å². The number of imidazole rings is 2. The van der Waals surface area contributed by atoms with Crippen molar-refractivity contribution in [3.05, 3.63) is 66.7 Å². The molecule has 0 fully saturated rings. The fraction of sp³-hybridized carbons (Fsp3) is 0.143. The maximum atomic E-state index is 6.05. The van der Waals surface area contributed by atoms with E-state index in [9.17, 15) is 0 Å². The fourth-order valence-electron chi connectivity index (χ4n) is 3.64. The van der Waals surface area contributed by atoms with E-state index >= 15 is 0 Å². The number of hydrogen-bond donors (Lipinski definition) is 0. The molecule has 2 aliphatic heterocycles. The summed E-state index contributed by atoms with van der Waals surface area (Å²) in [6, 6.07) is 14.4. The Morgan fingerprint density at radius 3 is 2.46 bits per heavy atom. The number of hydrogen-bond acceptors (Lipinski definition) is 4. The zero-order valence-corrected chi connectivity index (χ0v) is 16.9. The van der Waals surface area contributed by atoms with Crippen LogP contribution in [-0.4, -0.2) is 19.1 Å². The Kier molecular flexibility index (Phi) is 4.09. The predicted molar refractivity (Wildman–Crippen MR) is 97.4 cm³/mol. The number of nitrogens with zero attached hydrogens (tertiary/aromatic N) is 4. The molecule has 7 heteroatoms. The minimum Gasteiger partial charge on any atom is -0.519 e. The van der Waals surface area contributed by atoms with Gasteiger partial charge in [0.1, 0.15) is 6.73 Å². The van der Waals surface area contributed by atoms with E-state index in [-0.39, 0.29) is 21.1 Å². The first-order valence-corrected chi connectivity index (χ1v) is 8.80. The van der Waals surface area contributed by atoms with Crippen LogP contribution in [0.15, 0.2) is 49.1 Å². The van der Waals surface area contributed by atoms with Gasteiger partial charge in [0.25, 0.3) is 0 Å². The van der Waals surface area contributed by atoms with Crippen LogP contribution in [0.2, 0.25) is 0 Å². The summed E-state index contributed by atoms with van der Waals surface area (Å²) in [5, 5.41) is 0. The van der Waals surface area contributed by atoms with E-state index in [1.807, 2.05) is 41.4 Å². The molecule has 2 aromatic carbocycles. The molecule has 0 saturated heterocycles. The third-order valence-electron chi connectivity index (χ3n) is 4.97. The molecular weight excluding hydrogens is 535 g/mol. The molecule has 0 amide bonds. The predicted octanol–water partition coefficient (Wildman–Crippen LogP) is 3.71. The van der Waals surface area contributed by atoms with Crippen LogP contribution in [0.3, 0.4) is 0 Å². The van der Waals surface area contributed by atoms with Gasteiger partial charge in [0, 0.05) is 48.6 Å². The van der Waals surface area contributed by atoms with Crippen LogP contribution in [0.5, 0.6) is 17.2 Å². The molecule has 0 radical (unpaired) electrons. The van der Waals surface area contributed by atoms with Gasteiger partial charge in [-0.25, -0.2) is 0 Å². The van der Waals surface area contributed by atoms with Gasteiger partial charge < -0.3 is 18.6 Å². The summed E-state index contributed by atoms with van der Waals surface area (Å²) in [7, 11) is 0. The molecule has 2 aromatic heterocycles. The molecule has 0 N–H and O–H groups in total. The minimum atomic E-state index is 0. The van der Waals surface area contributed by atoms with E-state index in [1.165, 1.54) is 5.56 Å². The van der Waals surface area contributed by atoms with Gasteiger partial charge in [-0.1, -0.05) is 23.8 Å². The summed E-state index contributed by atoms with van der Waals surface area (Å²) in [5.74, 6) is 3.77. The zero-order chi connectivity index (χ0) is 17.8. The SMILES string of the molecule is [Pt+2].[c-]1c(Oc2[c-]c3c(cc2)OCn2ccnc2-3)ccc2c1-c1nccn1CC2. The molecule has 6 rings (SSSR count). The first-order chi connectivity index (χ1) is 13.3. The molecule has 0 aliphatic carbocycles. The number of fused-ring (bicyclic) bond motifs is 6. The first-order valence-electron chi connectivity index (χ1n) is 8.80. The number of aromatic nitrogens is 4. The van der Waals surface area contributed by atoms with Crippen molar-refractivity contribution in [2.45, 2.75) is 19.7 Å². The molecule has 2 aliphatic rings. The fourth-order valence-corrected chi connectivity index (χ4v) is 3.64. The van der Waals surface area contributed by atoms with Crippen LogP contribution in [-0.2, 0) is 40.8 Å². The molecule has 0 unspecified atom stereocenters. The molecule has 28 heavy (non-hydrogen) atoms. The molecule has 4 aromatic rings. The van der Waals surface area contributed by atoms with Gasteiger partial charge in [-0.15, -0.1) is 29.3 Å². The van der Waals surface area contributed by atoms with E-state index in [0.29, 0.717) is 18.2 Å². The largest absolute Gasteiger partial charge is 2.00 e. The van der Waals surface area contributed by atoms with Gasteiger partial charge in [-0.2, -0.15) is 0 Å². The third-order valence-corrected chi connectivity index (χ3v) is 4.97. The summed E-state index contributed by atoms with van der Waals surface area (Å²) in [5.41, 5.74) is 3.05. The summed E-state index contributed by atoms with van der Waals surface area (Å²) in [6.07, 6.45) is 8.44. The summed E-state index contributed by atoms with van der Waals surface area (Å²) < 4.78 is 15.9. The monoisotopic (exact) mass is 549 g/mol. The van der Waals surface area contributed by atoms with Gasteiger partial charge in [-0.3, -0.25) is 9.97 Å². The molecule has 0 atom stereocenters. The average Bonchev–Trinajstić information content (AvgIpc) is 3.37. The Morgan fingerprint density at radius 2 is 1.61 bits per heavy atom. The molecular formula is C21H14N4O2Pt. The van der Waals surface area contributed by atoms with Crippen molar-refractivity contribution in [3.63, 3.8) is 0 Å². The zero-order valence-electron chi connectivity index (χ0n) is 14.7. The van der Waals surface area contributed by atoms with Crippen molar-refractivity contribution in [2.75, 3.05) is 0 Å². The number of benzene rings is 2. The van der Waals surface area contributed by atoms with Gasteiger partial charge in [0.05, 0.1) is 11.6 Å². The molecule has 0 saturated carbocycles. The molecule has 6 nitrogen and oxygen atoms in total. The Morgan fingerprint density at radius 1 is 0.893 bits per heavy atom. The maximum absolute atomic E-state index is 6.05. The van der Waals surface area contributed by atoms with Crippen LogP contribution in [0, 0.1) is 12.1 Å². The second-order valence-electron chi connectivity index (χ2n) is 6.58. The maximum Gasteiger partial charge on any atom is 2.00 e. The topological polar surface area (TPSA) is 54.1 Å². The molecule has 4 heterocycles. The van der Waals surface area contributed by atoms with Gasteiger partial charge >= 0.3 is 21.1 Å². The Hall–Kier alpha value is -2.85. The molecule has 0 spiro atoms. The van der Waals surface area contributed by atoms with Crippen molar-refractivity contribution < 1.29 is 30.5 Å². The van der Waals surface area contributed by atoms with Crippen LogP contribution in [0.4, 0.5) is 0 Å². The summed E-state index contributed by atoms with van der Waals surface area (Å²) >= 11 is 0. The van der Waals surface area contributed by atoms with E-state index < -0.39 is 0 Å². The average molecular weight is 549 g/mol. The summed E-state index contributed by atoms with van der Waals surface area (Å²) in [4.78, 5) is 8.86. The second-order valence-corrected chi connectivity index (χ2v) is 6.58. The van der Waals surface area contributed by atoms with E-state index in [0.717, 1.165) is 41.5 Å². The first kappa shape index (κ1) is 17.3. The van der Waals surface area contributed by atoms with E-state index in [2.05, 4.69) is 32.7 Å².